The van der Waals surface area contributed by atoms with Crippen LogP contribution in [-0.4, -0.2) is 64.4 Å². The van der Waals surface area contributed by atoms with Gasteiger partial charge in [-0.1, -0.05) is 0 Å². The van der Waals surface area contributed by atoms with Crippen molar-refractivity contribution in [2.75, 3.05) is 37.4 Å². The van der Waals surface area contributed by atoms with Crippen LogP contribution in [-0.2, 0) is 16.6 Å². The summed E-state index contributed by atoms with van der Waals surface area (Å²) in [6, 6.07) is 4.45. The van der Waals surface area contributed by atoms with Gasteiger partial charge in [0.15, 0.2) is 0 Å². The Hall–Kier alpha value is -3.81. The number of carbonyl (C=O) groups is 2. The van der Waals surface area contributed by atoms with Crippen LogP contribution in [0.1, 0.15) is 12.1 Å². The zero-order chi connectivity index (χ0) is 21.3. The van der Waals surface area contributed by atoms with E-state index in [2.05, 4.69) is 4.98 Å². The smallest absolute Gasteiger partial charge is 0.407 e. The van der Waals surface area contributed by atoms with Crippen molar-refractivity contribution in [1.82, 2.24) is 14.5 Å². The highest BCUT2D eigenvalue weighted by molar-refractivity contribution is 5.95. The number of carboxylic acid groups (broad SMARTS) is 1. The second kappa shape index (κ2) is 7.67. The van der Waals surface area contributed by atoms with Crippen molar-refractivity contribution < 1.29 is 19.4 Å². The number of esters is 1. The minimum Gasteiger partial charge on any atom is -0.469 e. The van der Waals surface area contributed by atoms with E-state index in [1.807, 2.05) is 6.07 Å². The van der Waals surface area contributed by atoms with Crippen LogP contribution in [0.3, 0.4) is 0 Å². The fraction of sp³-hybridized carbons (Fsp3) is 0.389. The first-order valence-corrected chi connectivity index (χ1v) is 8.79. The van der Waals surface area contributed by atoms with Crippen LogP contribution in [0.15, 0.2) is 16.9 Å². The molecule has 3 heterocycles. The molecule has 3 N–H and O–H groups in total. The predicted octanol–water partition coefficient (Wildman–Crippen LogP) is 0.119. The molecule has 2 aromatic rings. The minimum absolute atomic E-state index is 0.0263. The highest BCUT2D eigenvalue weighted by atomic mass is 16.5. The summed E-state index contributed by atoms with van der Waals surface area (Å²) in [4.78, 5) is 43.3. The number of rotatable bonds is 3. The maximum atomic E-state index is 12.7. The molecule has 2 aromatic heterocycles. The Kier molecular flexibility index (Phi) is 5.27. The SMILES string of the molecule is COC(=O)CC1CN(C(=O)O)CCN1c1c(N)c(=O)n(C)c2ccc(C#N)nc12. The van der Waals surface area contributed by atoms with Crippen LogP contribution in [0.4, 0.5) is 16.2 Å². The van der Waals surface area contributed by atoms with Gasteiger partial charge in [-0.3, -0.25) is 9.59 Å². The molecule has 152 valence electrons. The van der Waals surface area contributed by atoms with E-state index in [0.29, 0.717) is 16.7 Å². The molecule has 11 nitrogen and oxygen atoms in total. The number of aromatic nitrogens is 2. The van der Waals surface area contributed by atoms with Crippen LogP contribution >= 0.6 is 0 Å². The first-order valence-electron chi connectivity index (χ1n) is 8.79. The average Bonchev–Trinajstić information content (AvgIpc) is 2.72. The standard InChI is InChI=1S/C18H20N6O5/c1-22-12-4-3-10(8-19)21-15(12)16(14(20)17(22)26)24-6-5-23(18(27)28)9-11(24)7-13(25)29-2/h3-4,11H,5-7,9,20H2,1-2H3,(H,27,28). The molecule has 0 bridgehead atoms. The van der Waals surface area contributed by atoms with Crippen molar-refractivity contribution in [2.24, 2.45) is 7.05 Å². The first-order chi connectivity index (χ1) is 13.8. The number of nitrogens with two attached hydrogens (primary N) is 1. The topological polar surface area (TPSA) is 155 Å². The maximum absolute atomic E-state index is 12.7. The molecular formula is C18H20N6O5. The number of methoxy groups -OCH3 is 1. The van der Waals surface area contributed by atoms with Crippen molar-refractivity contribution >= 4 is 34.5 Å². The van der Waals surface area contributed by atoms with Gasteiger partial charge in [0.2, 0.25) is 0 Å². The molecule has 0 spiro atoms. The monoisotopic (exact) mass is 400 g/mol. The van der Waals surface area contributed by atoms with Crippen LogP contribution in [0.5, 0.6) is 0 Å². The molecule has 29 heavy (non-hydrogen) atoms. The molecule has 3 rings (SSSR count). The molecule has 11 heteroatoms. The van der Waals surface area contributed by atoms with Gasteiger partial charge in [-0.05, 0) is 12.1 Å². The Morgan fingerprint density at radius 2 is 2.14 bits per heavy atom. The van der Waals surface area contributed by atoms with Gasteiger partial charge in [0.05, 0.1) is 30.8 Å². The van der Waals surface area contributed by atoms with E-state index in [4.69, 9.17) is 10.5 Å². The van der Waals surface area contributed by atoms with Gasteiger partial charge in [0, 0.05) is 26.7 Å². The van der Waals surface area contributed by atoms with E-state index < -0.39 is 23.7 Å². The van der Waals surface area contributed by atoms with E-state index in [0.717, 1.165) is 0 Å². The Morgan fingerprint density at radius 1 is 1.41 bits per heavy atom. The average molecular weight is 400 g/mol. The van der Waals surface area contributed by atoms with E-state index in [1.54, 1.807) is 18.0 Å². The molecule has 0 aliphatic carbocycles. The fourth-order valence-corrected chi connectivity index (χ4v) is 3.54. The van der Waals surface area contributed by atoms with Gasteiger partial charge < -0.3 is 29.9 Å². The Bertz CT molecular complexity index is 1090. The number of anilines is 2. The Balaban J connectivity index is 2.21. The molecule has 0 radical (unpaired) electrons. The number of pyridine rings is 2. The molecule has 0 aromatic carbocycles. The number of amides is 1. The van der Waals surface area contributed by atoms with E-state index in [9.17, 15) is 24.8 Å². The number of ether oxygens (including phenoxy) is 1. The third-order valence-corrected chi connectivity index (χ3v) is 5.03. The fourth-order valence-electron chi connectivity index (χ4n) is 3.54. The lowest BCUT2D eigenvalue weighted by atomic mass is 10.1. The van der Waals surface area contributed by atoms with Gasteiger partial charge in [0.25, 0.3) is 5.56 Å². The van der Waals surface area contributed by atoms with Gasteiger partial charge in [-0.15, -0.1) is 0 Å². The lowest BCUT2D eigenvalue weighted by Gasteiger charge is -2.42. The molecule has 0 saturated carbocycles. The van der Waals surface area contributed by atoms with Gasteiger partial charge in [-0.2, -0.15) is 5.26 Å². The van der Waals surface area contributed by atoms with Crippen molar-refractivity contribution in [1.29, 1.82) is 5.26 Å². The lowest BCUT2D eigenvalue weighted by Crippen LogP contribution is -2.56. The van der Waals surface area contributed by atoms with Crippen molar-refractivity contribution in [2.45, 2.75) is 12.5 Å². The zero-order valence-corrected chi connectivity index (χ0v) is 16.0. The van der Waals surface area contributed by atoms with Gasteiger partial charge >= 0.3 is 12.1 Å². The lowest BCUT2D eigenvalue weighted by molar-refractivity contribution is -0.141. The summed E-state index contributed by atoms with van der Waals surface area (Å²) < 4.78 is 6.08. The third-order valence-electron chi connectivity index (χ3n) is 5.03. The molecule has 1 fully saturated rings. The van der Waals surface area contributed by atoms with Crippen molar-refractivity contribution in [3.63, 3.8) is 0 Å². The molecule has 1 aliphatic rings. The number of hydrogen-bond acceptors (Lipinski definition) is 8. The van der Waals surface area contributed by atoms with Crippen molar-refractivity contribution in [3.8, 4) is 6.07 Å². The largest absolute Gasteiger partial charge is 0.469 e. The van der Waals surface area contributed by atoms with Gasteiger partial charge in [0.1, 0.15) is 23.0 Å². The second-order valence-electron chi connectivity index (χ2n) is 6.66. The van der Waals surface area contributed by atoms with Gasteiger partial charge in [-0.25, -0.2) is 9.78 Å². The number of piperazine rings is 1. The number of nitrogen functional groups attached to an aromatic ring is 1. The summed E-state index contributed by atoms with van der Waals surface area (Å²) in [6.07, 6.45) is -1.21. The molecule has 1 unspecified atom stereocenters. The van der Waals surface area contributed by atoms with Crippen LogP contribution in [0.25, 0.3) is 11.0 Å². The first kappa shape index (κ1) is 19.9. The maximum Gasteiger partial charge on any atom is 0.407 e. The van der Waals surface area contributed by atoms with E-state index in [1.165, 1.54) is 22.6 Å². The number of hydrogen-bond donors (Lipinski definition) is 2. The summed E-state index contributed by atoms with van der Waals surface area (Å²) in [5, 5.41) is 18.6. The van der Waals surface area contributed by atoms with E-state index in [-0.39, 0.29) is 37.4 Å². The number of nitrogens with zero attached hydrogens (tertiary/aromatic N) is 5. The molecule has 1 aliphatic heterocycles. The van der Waals surface area contributed by atoms with Crippen LogP contribution in [0, 0.1) is 11.3 Å². The van der Waals surface area contributed by atoms with Crippen LogP contribution in [0.2, 0.25) is 0 Å². The predicted molar refractivity (Wildman–Crippen MR) is 103 cm³/mol. The Labute approximate surface area is 165 Å². The van der Waals surface area contributed by atoms with E-state index >= 15 is 0 Å². The third kappa shape index (κ3) is 3.52. The highest BCUT2D eigenvalue weighted by Gasteiger charge is 2.34. The molecule has 1 amide bonds. The number of fused-ring (bicyclic) bond motifs is 1. The summed E-state index contributed by atoms with van der Waals surface area (Å²) in [5.74, 6) is -0.523. The van der Waals surface area contributed by atoms with Crippen molar-refractivity contribution in [3.05, 3.63) is 28.2 Å². The number of nitriles is 1. The molecule has 1 atom stereocenters. The normalized spacial score (nSPS) is 16.5. The number of aryl methyl sites for hydroxylation is 1. The molecule has 1 saturated heterocycles. The highest BCUT2D eigenvalue weighted by Crippen LogP contribution is 2.33. The zero-order valence-electron chi connectivity index (χ0n) is 16.0. The molecular weight excluding hydrogens is 380 g/mol. The Morgan fingerprint density at radius 3 is 2.76 bits per heavy atom. The summed E-state index contributed by atoms with van der Waals surface area (Å²) in [6.45, 7) is 0.374. The summed E-state index contributed by atoms with van der Waals surface area (Å²) in [5.41, 5.74) is 6.86. The summed E-state index contributed by atoms with van der Waals surface area (Å²) in [7, 11) is 2.79. The second-order valence-corrected chi connectivity index (χ2v) is 6.66. The summed E-state index contributed by atoms with van der Waals surface area (Å²) >= 11 is 0. The number of carbonyl (C=O) groups excluding carboxylic acids is 1. The minimum atomic E-state index is -1.11. The quantitative estimate of drug-likeness (QED) is 0.683. The van der Waals surface area contributed by atoms with Crippen LogP contribution < -0.4 is 16.2 Å².